The van der Waals surface area contributed by atoms with Crippen LogP contribution in [0, 0.1) is 0 Å². The van der Waals surface area contributed by atoms with E-state index in [1.165, 1.54) is 0 Å². The van der Waals surface area contributed by atoms with Crippen molar-refractivity contribution in [2.45, 2.75) is 12.8 Å². The lowest BCUT2D eigenvalue weighted by molar-refractivity contribution is 0.0763. The van der Waals surface area contributed by atoms with Gasteiger partial charge in [-0.05, 0) is 17.9 Å². The van der Waals surface area contributed by atoms with Crippen molar-refractivity contribution >= 4 is 17.2 Å². The van der Waals surface area contributed by atoms with E-state index in [4.69, 9.17) is 0 Å². The number of nitrogens with zero attached hydrogens (tertiary/aromatic N) is 5. The van der Waals surface area contributed by atoms with E-state index in [0.29, 0.717) is 13.1 Å². The minimum absolute atomic E-state index is 0.0972. The van der Waals surface area contributed by atoms with Gasteiger partial charge in [-0.2, -0.15) is 16.4 Å². The summed E-state index contributed by atoms with van der Waals surface area (Å²) in [6.07, 6.45) is 6.90. The van der Waals surface area contributed by atoms with E-state index in [-0.39, 0.29) is 5.91 Å². The van der Waals surface area contributed by atoms with E-state index in [1.54, 1.807) is 22.3 Å². The summed E-state index contributed by atoms with van der Waals surface area (Å²) in [7, 11) is 1.89. The van der Waals surface area contributed by atoms with Gasteiger partial charge in [0.05, 0.1) is 17.5 Å². The van der Waals surface area contributed by atoms with Crippen LogP contribution < -0.4 is 0 Å². The number of hydrogen-bond acceptors (Lipinski definition) is 5. The second kappa shape index (κ2) is 6.16. The molecule has 1 aliphatic heterocycles. The van der Waals surface area contributed by atoms with Crippen molar-refractivity contribution in [3.63, 3.8) is 0 Å². The SMILES string of the molecule is Cn1cc(-c2ncnc3c2CCN(C(=O)c2ccsc2)CC3)cn1. The van der Waals surface area contributed by atoms with E-state index >= 15 is 0 Å². The lowest BCUT2D eigenvalue weighted by Crippen LogP contribution is -2.33. The van der Waals surface area contributed by atoms with Crippen LogP contribution in [0.3, 0.4) is 0 Å². The fourth-order valence-corrected chi connectivity index (χ4v) is 3.72. The number of aryl methyl sites for hydroxylation is 1. The zero-order valence-corrected chi connectivity index (χ0v) is 14.2. The summed E-state index contributed by atoms with van der Waals surface area (Å²) in [5.74, 6) is 0.0972. The van der Waals surface area contributed by atoms with Crippen molar-refractivity contribution in [1.29, 1.82) is 0 Å². The molecular formula is C17H17N5OS. The van der Waals surface area contributed by atoms with Gasteiger partial charge >= 0.3 is 0 Å². The highest BCUT2D eigenvalue weighted by molar-refractivity contribution is 7.08. The molecule has 0 aromatic carbocycles. The van der Waals surface area contributed by atoms with Gasteiger partial charge in [-0.25, -0.2) is 9.97 Å². The molecule has 1 amide bonds. The lowest BCUT2D eigenvalue weighted by Gasteiger charge is -2.19. The molecule has 0 saturated heterocycles. The van der Waals surface area contributed by atoms with Crippen LogP contribution in [0.25, 0.3) is 11.3 Å². The minimum Gasteiger partial charge on any atom is -0.338 e. The highest BCUT2D eigenvalue weighted by Crippen LogP contribution is 2.25. The van der Waals surface area contributed by atoms with Crippen molar-refractivity contribution < 1.29 is 4.79 Å². The Morgan fingerprint density at radius 1 is 1.25 bits per heavy atom. The quantitative estimate of drug-likeness (QED) is 0.718. The maximum absolute atomic E-state index is 12.6. The third-order valence-electron chi connectivity index (χ3n) is 4.32. The maximum atomic E-state index is 12.6. The van der Waals surface area contributed by atoms with Gasteiger partial charge < -0.3 is 4.90 Å². The van der Waals surface area contributed by atoms with E-state index < -0.39 is 0 Å². The molecule has 0 aliphatic carbocycles. The van der Waals surface area contributed by atoms with Gasteiger partial charge in [0.1, 0.15) is 6.33 Å². The molecule has 0 N–H and O–H groups in total. The number of rotatable bonds is 2. The van der Waals surface area contributed by atoms with Crippen molar-refractivity contribution in [3.8, 4) is 11.3 Å². The van der Waals surface area contributed by atoms with Crippen LogP contribution in [-0.2, 0) is 19.9 Å². The molecule has 7 heteroatoms. The van der Waals surface area contributed by atoms with Crippen LogP contribution in [0.4, 0.5) is 0 Å². The molecule has 6 nitrogen and oxygen atoms in total. The number of carbonyl (C=O) groups is 1. The lowest BCUT2D eigenvalue weighted by atomic mass is 10.0. The van der Waals surface area contributed by atoms with Crippen LogP contribution in [0.2, 0.25) is 0 Å². The average Bonchev–Trinajstić information content (AvgIpc) is 3.22. The Morgan fingerprint density at radius 2 is 2.12 bits per heavy atom. The van der Waals surface area contributed by atoms with Gasteiger partial charge in [0.25, 0.3) is 5.91 Å². The van der Waals surface area contributed by atoms with Gasteiger partial charge in [-0.3, -0.25) is 9.48 Å². The summed E-state index contributed by atoms with van der Waals surface area (Å²) < 4.78 is 1.77. The van der Waals surface area contributed by atoms with Crippen LogP contribution in [-0.4, -0.2) is 43.6 Å². The second-order valence-electron chi connectivity index (χ2n) is 5.85. The number of thiophene rings is 1. The molecular weight excluding hydrogens is 322 g/mol. The molecule has 0 fully saturated rings. The number of aromatic nitrogens is 4. The van der Waals surface area contributed by atoms with Crippen LogP contribution >= 0.6 is 11.3 Å². The third kappa shape index (κ3) is 2.71. The number of hydrogen-bond donors (Lipinski definition) is 0. The van der Waals surface area contributed by atoms with Crippen LogP contribution in [0.5, 0.6) is 0 Å². The van der Waals surface area contributed by atoms with Crippen molar-refractivity contribution in [1.82, 2.24) is 24.6 Å². The summed E-state index contributed by atoms with van der Waals surface area (Å²) in [5.41, 5.74) is 4.85. The normalized spacial score (nSPS) is 14.3. The summed E-state index contributed by atoms with van der Waals surface area (Å²) in [6, 6.07) is 1.88. The van der Waals surface area contributed by atoms with Crippen LogP contribution in [0.15, 0.2) is 35.5 Å². The van der Waals surface area contributed by atoms with Gasteiger partial charge in [-0.15, -0.1) is 0 Å². The molecule has 1 aliphatic rings. The van der Waals surface area contributed by atoms with Crippen LogP contribution in [0.1, 0.15) is 21.6 Å². The zero-order chi connectivity index (χ0) is 16.5. The Hall–Kier alpha value is -2.54. The first-order valence-corrected chi connectivity index (χ1v) is 8.80. The van der Waals surface area contributed by atoms with E-state index in [1.807, 2.05) is 41.2 Å². The fourth-order valence-electron chi connectivity index (χ4n) is 3.09. The molecule has 0 spiro atoms. The molecule has 4 rings (SSSR count). The number of amides is 1. The highest BCUT2D eigenvalue weighted by atomic mass is 32.1. The average molecular weight is 339 g/mol. The monoisotopic (exact) mass is 339 g/mol. The van der Waals surface area contributed by atoms with Gasteiger partial charge in [0.2, 0.25) is 0 Å². The molecule has 3 aromatic rings. The van der Waals surface area contributed by atoms with E-state index in [9.17, 15) is 4.79 Å². The second-order valence-corrected chi connectivity index (χ2v) is 6.63. The largest absolute Gasteiger partial charge is 0.338 e. The Kier molecular flexibility index (Phi) is 3.86. The Morgan fingerprint density at radius 3 is 2.88 bits per heavy atom. The number of fused-ring (bicyclic) bond motifs is 1. The smallest absolute Gasteiger partial charge is 0.254 e. The molecule has 4 heterocycles. The van der Waals surface area contributed by atoms with Crippen molar-refractivity contribution in [2.75, 3.05) is 13.1 Å². The van der Waals surface area contributed by atoms with Gasteiger partial charge in [-0.1, -0.05) is 0 Å². The molecule has 0 saturated carbocycles. The maximum Gasteiger partial charge on any atom is 0.254 e. The summed E-state index contributed by atoms with van der Waals surface area (Å²) in [4.78, 5) is 23.4. The first-order chi connectivity index (χ1) is 11.7. The topological polar surface area (TPSA) is 63.9 Å². The summed E-state index contributed by atoms with van der Waals surface area (Å²) in [6.45, 7) is 1.37. The Labute approximate surface area is 143 Å². The fraction of sp³-hybridized carbons (Fsp3) is 0.294. The minimum atomic E-state index is 0.0972. The zero-order valence-electron chi connectivity index (χ0n) is 13.3. The molecule has 0 unspecified atom stereocenters. The van der Waals surface area contributed by atoms with Gasteiger partial charge in [0.15, 0.2) is 0 Å². The first-order valence-electron chi connectivity index (χ1n) is 7.85. The predicted octanol–water partition coefficient (Wildman–Crippen LogP) is 2.18. The summed E-state index contributed by atoms with van der Waals surface area (Å²) >= 11 is 1.55. The molecule has 3 aromatic heterocycles. The molecule has 0 atom stereocenters. The molecule has 24 heavy (non-hydrogen) atoms. The van der Waals surface area contributed by atoms with Crippen molar-refractivity contribution in [2.24, 2.45) is 7.05 Å². The Bertz CT molecular complexity index is 871. The predicted molar refractivity (Wildman–Crippen MR) is 91.9 cm³/mol. The standard InChI is InChI=1S/C17H17N5OS/c1-21-9-13(8-20-21)16-14-2-5-22(6-3-15(14)18-11-19-16)17(23)12-4-7-24-10-12/h4,7-11H,2-3,5-6H2,1H3. The highest BCUT2D eigenvalue weighted by Gasteiger charge is 2.23. The molecule has 0 bridgehead atoms. The number of carbonyl (C=O) groups excluding carboxylic acids is 1. The Balaban J connectivity index is 1.62. The van der Waals surface area contributed by atoms with Crippen molar-refractivity contribution in [3.05, 3.63) is 52.4 Å². The third-order valence-corrected chi connectivity index (χ3v) is 5.00. The molecule has 122 valence electrons. The first kappa shape index (κ1) is 15.0. The van der Waals surface area contributed by atoms with E-state index in [0.717, 1.165) is 40.9 Å². The van der Waals surface area contributed by atoms with Gasteiger partial charge in [0, 0.05) is 55.0 Å². The summed E-state index contributed by atoms with van der Waals surface area (Å²) in [5, 5.41) is 8.08. The van der Waals surface area contributed by atoms with E-state index in [2.05, 4.69) is 15.1 Å². The molecule has 0 radical (unpaired) electrons.